The van der Waals surface area contributed by atoms with Gasteiger partial charge in [-0.1, -0.05) is 17.7 Å². The minimum Gasteiger partial charge on any atom is -0.480 e. The molecule has 1 aromatic rings. The van der Waals surface area contributed by atoms with Gasteiger partial charge in [-0.15, -0.1) is 6.58 Å². The molecule has 0 spiro atoms. The second kappa shape index (κ2) is 8.81. The Kier molecular flexibility index (Phi) is 7.10. The van der Waals surface area contributed by atoms with Crippen LogP contribution in [0.1, 0.15) is 25.8 Å². The van der Waals surface area contributed by atoms with Crippen molar-refractivity contribution in [1.82, 2.24) is 10.6 Å². The minimum atomic E-state index is -1.19. The zero-order valence-electron chi connectivity index (χ0n) is 13.6. The molecule has 0 aliphatic rings. The topological polar surface area (TPSA) is 95.5 Å². The molecule has 0 fully saturated rings. The Balaban J connectivity index is 2.87. The molecule has 7 heteroatoms. The van der Waals surface area contributed by atoms with Gasteiger partial charge >= 0.3 is 5.97 Å². The van der Waals surface area contributed by atoms with Crippen molar-refractivity contribution >= 4 is 17.8 Å². The van der Waals surface area contributed by atoms with E-state index < -0.39 is 35.7 Å². The number of hydrogen-bond acceptors (Lipinski definition) is 3. The van der Waals surface area contributed by atoms with Crippen molar-refractivity contribution in [3.63, 3.8) is 0 Å². The lowest BCUT2D eigenvalue weighted by molar-refractivity contribution is -0.142. The maximum Gasteiger partial charge on any atom is 0.326 e. The third-order valence-electron chi connectivity index (χ3n) is 3.21. The lowest BCUT2D eigenvalue weighted by atomic mass is 10.0. The first-order valence-electron chi connectivity index (χ1n) is 7.38. The van der Waals surface area contributed by atoms with E-state index in [4.69, 9.17) is 0 Å². The number of nitrogens with one attached hydrogen (secondary N) is 2. The summed E-state index contributed by atoms with van der Waals surface area (Å²) in [6, 6.07) is 3.41. The van der Waals surface area contributed by atoms with Gasteiger partial charge < -0.3 is 15.7 Å². The number of rotatable bonds is 8. The number of halogens is 1. The molecule has 0 unspecified atom stereocenters. The Hall–Kier alpha value is -2.70. The first-order chi connectivity index (χ1) is 11.2. The van der Waals surface area contributed by atoms with Crippen molar-refractivity contribution in [2.75, 3.05) is 0 Å². The molecule has 2 atom stereocenters. The van der Waals surface area contributed by atoms with Gasteiger partial charge in [-0.25, -0.2) is 9.18 Å². The van der Waals surface area contributed by atoms with E-state index in [9.17, 15) is 23.9 Å². The molecule has 0 saturated carbocycles. The second-order valence-electron chi connectivity index (χ2n) is 5.64. The molecular formula is C17H21FN2O4. The van der Waals surface area contributed by atoms with Crippen LogP contribution in [0.4, 0.5) is 4.39 Å². The first kappa shape index (κ1) is 19.3. The molecule has 0 heterocycles. The number of carboxylic acids is 1. The van der Waals surface area contributed by atoms with E-state index in [0.717, 1.165) is 0 Å². The van der Waals surface area contributed by atoms with Gasteiger partial charge in [0, 0.05) is 13.3 Å². The van der Waals surface area contributed by atoms with Crippen molar-refractivity contribution in [3.05, 3.63) is 47.8 Å². The summed E-state index contributed by atoms with van der Waals surface area (Å²) in [7, 11) is 0. The second-order valence-corrected chi connectivity index (χ2v) is 5.64. The number of carboxylic acid groups (broad SMARTS) is 1. The van der Waals surface area contributed by atoms with Gasteiger partial charge in [0.2, 0.25) is 11.8 Å². The number of amides is 2. The lowest BCUT2D eigenvalue weighted by Crippen LogP contribution is -2.52. The highest BCUT2D eigenvalue weighted by atomic mass is 19.1. The molecule has 6 nitrogen and oxygen atoms in total. The Morgan fingerprint density at radius 2 is 1.71 bits per heavy atom. The highest BCUT2D eigenvalue weighted by molar-refractivity contribution is 5.90. The molecule has 3 N–H and O–H groups in total. The van der Waals surface area contributed by atoms with E-state index in [2.05, 4.69) is 17.2 Å². The smallest absolute Gasteiger partial charge is 0.326 e. The van der Waals surface area contributed by atoms with Gasteiger partial charge in [-0.05, 0) is 31.0 Å². The van der Waals surface area contributed by atoms with Crippen molar-refractivity contribution in [3.8, 4) is 0 Å². The van der Waals surface area contributed by atoms with Crippen LogP contribution in [0.3, 0.4) is 0 Å². The molecule has 0 bridgehead atoms. The van der Waals surface area contributed by atoms with Crippen LogP contribution < -0.4 is 10.6 Å². The van der Waals surface area contributed by atoms with Gasteiger partial charge in [0.05, 0.1) is 0 Å². The van der Waals surface area contributed by atoms with Crippen LogP contribution in [-0.2, 0) is 20.8 Å². The molecule has 1 rings (SSSR count). The van der Waals surface area contributed by atoms with E-state index in [1.807, 2.05) is 0 Å². The molecule has 24 heavy (non-hydrogen) atoms. The quantitative estimate of drug-likeness (QED) is 0.626. The highest BCUT2D eigenvalue weighted by Gasteiger charge is 2.26. The molecular weight excluding hydrogens is 315 g/mol. The average molecular weight is 336 g/mol. The average Bonchev–Trinajstić information content (AvgIpc) is 2.47. The summed E-state index contributed by atoms with van der Waals surface area (Å²) in [6.45, 7) is 6.55. The van der Waals surface area contributed by atoms with Gasteiger partial charge in [0.25, 0.3) is 0 Å². The van der Waals surface area contributed by atoms with Crippen molar-refractivity contribution in [2.45, 2.75) is 38.8 Å². The van der Waals surface area contributed by atoms with Crippen LogP contribution in [0.15, 0.2) is 36.4 Å². The van der Waals surface area contributed by atoms with E-state index in [1.165, 1.54) is 31.2 Å². The fraction of sp³-hybridized carbons (Fsp3) is 0.353. The van der Waals surface area contributed by atoms with Crippen LogP contribution in [0, 0.1) is 5.82 Å². The molecule has 1 aromatic carbocycles. The normalized spacial score (nSPS) is 12.8. The van der Waals surface area contributed by atoms with E-state index in [1.54, 1.807) is 6.92 Å². The SMILES string of the molecule is C=C(C)C[C@H](NC(=O)[C@@H](Cc1ccc(F)cc1)NC(C)=O)C(=O)O. The zero-order chi connectivity index (χ0) is 18.3. The predicted octanol–water partition coefficient (Wildman–Crippen LogP) is 1.41. The van der Waals surface area contributed by atoms with E-state index in [0.29, 0.717) is 11.1 Å². The Bertz CT molecular complexity index is 628. The molecule has 2 amide bonds. The van der Waals surface area contributed by atoms with Crippen LogP contribution in [0.5, 0.6) is 0 Å². The van der Waals surface area contributed by atoms with Crippen LogP contribution >= 0.6 is 0 Å². The first-order valence-corrected chi connectivity index (χ1v) is 7.38. The molecule has 0 aliphatic carbocycles. The number of aliphatic carboxylic acids is 1. The largest absolute Gasteiger partial charge is 0.480 e. The fourth-order valence-corrected chi connectivity index (χ4v) is 2.13. The van der Waals surface area contributed by atoms with Crippen molar-refractivity contribution in [1.29, 1.82) is 0 Å². The van der Waals surface area contributed by atoms with Crippen LogP contribution in [0.2, 0.25) is 0 Å². The molecule has 0 aliphatic heterocycles. The summed E-state index contributed by atoms with van der Waals surface area (Å²) in [5, 5.41) is 14.0. The number of carbonyl (C=O) groups excluding carboxylic acids is 2. The fourth-order valence-electron chi connectivity index (χ4n) is 2.13. The maximum absolute atomic E-state index is 13.0. The van der Waals surface area contributed by atoms with E-state index in [-0.39, 0.29) is 12.8 Å². The Morgan fingerprint density at radius 1 is 1.12 bits per heavy atom. The van der Waals surface area contributed by atoms with Crippen molar-refractivity contribution in [2.24, 2.45) is 0 Å². The summed E-state index contributed by atoms with van der Waals surface area (Å²) < 4.78 is 13.0. The van der Waals surface area contributed by atoms with Gasteiger partial charge in [0.15, 0.2) is 0 Å². The van der Waals surface area contributed by atoms with Gasteiger partial charge in [-0.2, -0.15) is 0 Å². The van der Waals surface area contributed by atoms with Crippen LogP contribution in [-0.4, -0.2) is 35.0 Å². The maximum atomic E-state index is 13.0. The van der Waals surface area contributed by atoms with E-state index >= 15 is 0 Å². The Labute approximate surface area is 139 Å². The third kappa shape index (κ3) is 6.60. The monoisotopic (exact) mass is 336 g/mol. The molecule has 130 valence electrons. The highest BCUT2D eigenvalue weighted by Crippen LogP contribution is 2.08. The van der Waals surface area contributed by atoms with Gasteiger partial charge in [-0.3, -0.25) is 9.59 Å². The Morgan fingerprint density at radius 3 is 2.17 bits per heavy atom. The summed E-state index contributed by atoms with van der Waals surface area (Å²) in [5.41, 5.74) is 1.24. The summed E-state index contributed by atoms with van der Waals surface area (Å²) in [6.07, 6.45) is 0.204. The molecule has 0 radical (unpaired) electrons. The predicted molar refractivity (Wildman–Crippen MR) is 86.7 cm³/mol. The lowest BCUT2D eigenvalue weighted by Gasteiger charge is -2.21. The summed E-state index contributed by atoms with van der Waals surface area (Å²) >= 11 is 0. The minimum absolute atomic E-state index is 0.0877. The number of benzene rings is 1. The summed E-state index contributed by atoms with van der Waals surface area (Å²) in [5.74, 6) is -2.64. The van der Waals surface area contributed by atoms with Gasteiger partial charge in [0.1, 0.15) is 17.9 Å². The molecule has 0 aromatic heterocycles. The third-order valence-corrected chi connectivity index (χ3v) is 3.21. The zero-order valence-corrected chi connectivity index (χ0v) is 13.6. The number of hydrogen-bond donors (Lipinski definition) is 3. The van der Waals surface area contributed by atoms with Crippen LogP contribution in [0.25, 0.3) is 0 Å². The summed E-state index contributed by atoms with van der Waals surface area (Å²) in [4.78, 5) is 34.9. The molecule has 0 saturated heterocycles. The van der Waals surface area contributed by atoms with Crippen molar-refractivity contribution < 1.29 is 23.9 Å². The standard InChI is InChI=1S/C17H21FN2O4/c1-10(2)8-15(17(23)24)20-16(22)14(19-11(3)21)9-12-4-6-13(18)7-5-12/h4-7,14-15H,1,8-9H2,2-3H3,(H,19,21)(H,20,22)(H,23,24)/t14-,15+/m1/s1. The number of carbonyl (C=O) groups is 3.